The van der Waals surface area contributed by atoms with Crippen molar-refractivity contribution in [1.29, 1.82) is 0 Å². The zero-order chi connectivity index (χ0) is 15.2. The Bertz CT molecular complexity index is 623. The number of ether oxygens (including phenoxy) is 1. The predicted octanol–water partition coefficient (Wildman–Crippen LogP) is 2.46. The smallest absolute Gasteiger partial charge is 0.234 e. The first-order valence-electron chi connectivity index (χ1n) is 7.15. The van der Waals surface area contributed by atoms with Gasteiger partial charge in [-0.15, -0.1) is 0 Å². The lowest BCUT2D eigenvalue weighted by Crippen LogP contribution is -2.36. The predicted molar refractivity (Wildman–Crippen MR) is 85.5 cm³/mol. The minimum atomic E-state index is 0.0125. The van der Waals surface area contributed by atoms with Crippen molar-refractivity contribution in [2.75, 3.05) is 13.7 Å². The van der Waals surface area contributed by atoms with E-state index in [0.717, 1.165) is 22.1 Å². The Kier molecular flexibility index (Phi) is 5.17. The number of hydrogen-bond donors (Lipinski definition) is 2. The Hall–Kier alpha value is -2.07. The molecule has 0 aromatic heterocycles. The van der Waals surface area contributed by atoms with Crippen molar-refractivity contribution in [3.05, 3.63) is 42.0 Å². The maximum Gasteiger partial charge on any atom is 0.234 e. The molecule has 2 N–H and O–H groups in total. The van der Waals surface area contributed by atoms with Crippen LogP contribution in [0.5, 0.6) is 5.75 Å². The van der Waals surface area contributed by atoms with E-state index in [2.05, 4.69) is 16.7 Å². The van der Waals surface area contributed by atoms with Crippen molar-refractivity contribution in [2.45, 2.75) is 26.4 Å². The molecule has 0 atom stereocenters. The second-order valence-electron chi connectivity index (χ2n) is 5.36. The molecule has 112 valence electrons. The Morgan fingerprint density at radius 1 is 1.14 bits per heavy atom. The number of amides is 1. The molecule has 21 heavy (non-hydrogen) atoms. The Morgan fingerprint density at radius 2 is 1.86 bits per heavy atom. The molecular weight excluding hydrogens is 264 g/mol. The number of fused-ring (bicyclic) bond motifs is 1. The zero-order valence-corrected chi connectivity index (χ0v) is 12.8. The van der Waals surface area contributed by atoms with Crippen molar-refractivity contribution >= 4 is 16.7 Å². The van der Waals surface area contributed by atoms with E-state index in [1.165, 1.54) is 0 Å². The van der Waals surface area contributed by atoms with Crippen LogP contribution in [0.3, 0.4) is 0 Å². The van der Waals surface area contributed by atoms with Gasteiger partial charge in [0.25, 0.3) is 0 Å². The van der Waals surface area contributed by atoms with Crippen molar-refractivity contribution in [2.24, 2.45) is 0 Å². The molecule has 0 fully saturated rings. The first-order valence-corrected chi connectivity index (χ1v) is 7.15. The summed E-state index contributed by atoms with van der Waals surface area (Å²) in [5.74, 6) is 0.863. The third-order valence-corrected chi connectivity index (χ3v) is 3.27. The quantitative estimate of drug-likeness (QED) is 0.857. The standard InChI is InChI=1S/C17H22N2O2/c1-12(2)18-11-17(20)19-10-13-4-5-15-9-16(21-3)7-6-14(15)8-13/h4-9,12,18H,10-11H2,1-3H3,(H,19,20). The molecule has 0 unspecified atom stereocenters. The molecule has 0 aliphatic carbocycles. The fourth-order valence-corrected chi connectivity index (χ4v) is 2.07. The van der Waals surface area contributed by atoms with Crippen LogP contribution in [0.25, 0.3) is 10.8 Å². The summed E-state index contributed by atoms with van der Waals surface area (Å²) in [5, 5.41) is 8.29. The van der Waals surface area contributed by atoms with Crippen molar-refractivity contribution in [3.8, 4) is 5.75 Å². The summed E-state index contributed by atoms with van der Waals surface area (Å²) in [4.78, 5) is 11.7. The van der Waals surface area contributed by atoms with Crippen molar-refractivity contribution in [3.63, 3.8) is 0 Å². The molecule has 0 spiro atoms. The molecule has 0 radical (unpaired) electrons. The number of hydrogen-bond acceptors (Lipinski definition) is 3. The summed E-state index contributed by atoms with van der Waals surface area (Å²) in [6.07, 6.45) is 0. The molecule has 4 nitrogen and oxygen atoms in total. The van der Waals surface area contributed by atoms with Crippen LogP contribution in [0.4, 0.5) is 0 Å². The van der Waals surface area contributed by atoms with E-state index in [0.29, 0.717) is 19.1 Å². The number of nitrogens with one attached hydrogen (secondary N) is 2. The van der Waals surface area contributed by atoms with E-state index >= 15 is 0 Å². The molecule has 0 bridgehead atoms. The van der Waals surface area contributed by atoms with Gasteiger partial charge in [-0.2, -0.15) is 0 Å². The van der Waals surface area contributed by atoms with E-state index in [1.807, 2.05) is 44.2 Å². The van der Waals surface area contributed by atoms with E-state index in [9.17, 15) is 4.79 Å². The van der Waals surface area contributed by atoms with Gasteiger partial charge < -0.3 is 15.4 Å². The number of carbonyl (C=O) groups is 1. The van der Waals surface area contributed by atoms with Gasteiger partial charge in [0.2, 0.25) is 5.91 Å². The number of benzene rings is 2. The van der Waals surface area contributed by atoms with Crippen molar-refractivity contribution < 1.29 is 9.53 Å². The molecule has 0 aliphatic rings. The highest BCUT2D eigenvalue weighted by molar-refractivity contribution is 5.84. The van der Waals surface area contributed by atoms with Crippen LogP contribution in [-0.4, -0.2) is 25.6 Å². The third-order valence-electron chi connectivity index (χ3n) is 3.27. The summed E-state index contributed by atoms with van der Waals surface area (Å²) in [5.41, 5.74) is 1.09. The lowest BCUT2D eigenvalue weighted by molar-refractivity contribution is -0.120. The topological polar surface area (TPSA) is 50.4 Å². The fraction of sp³-hybridized carbons (Fsp3) is 0.353. The molecule has 0 heterocycles. The van der Waals surface area contributed by atoms with Gasteiger partial charge in [0.1, 0.15) is 5.75 Å². The van der Waals surface area contributed by atoms with Gasteiger partial charge in [-0.1, -0.05) is 32.0 Å². The van der Waals surface area contributed by atoms with Gasteiger partial charge in [-0.25, -0.2) is 0 Å². The van der Waals surface area contributed by atoms with Gasteiger partial charge in [0.15, 0.2) is 0 Å². The van der Waals surface area contributed by atoms with Crippen LogP contribution in [0.1, 0.15) is 19.4 Å². The average Bonchev–Trinajstić information content (AvgIpc) is 2.50. The molecule has 1 amide bonds. The normalized spacial score (nSPS) is 10.9. The molecule has 0 aliphatic heterocycles. The summed E-state index contributed by atoms with van der Waals surface area (Å²) < 4.78 is 5.21. The lowest BCUT2D eigenvalue weighted by atomic mass is 10.1. The summed E-state index contributed by atoms with van der Waals surface area (Å²) in [7, 11) is 1.66. The SMILES string of the molecule is COc1ccc2cc(CNC(=O)CNC(C)C)ccc2c1. The number of carbonyl (C=O) groups excluding carboxylic acids is 1. The second kappa shape index (κ2) is 7.09. The first kappa shape index (κ1) is 15.3. The molecule has 4 heteroatoms. The highest BCUT2D eigenvalue weighted by atomic mass is 16.5. The molecule has 2 aromatic rings. The van der Waals surface area contributed by atoms with Gasteiger partial charge in [0.05, 0.1) is 13.7 Å². The molecule has 0 saturated heterocycles. The van der Waals surface area contributed by atoms with Crippen LogP contribution in [-0.2, 0) is 11.3 Å². The zero-order valence-electron chi connectivity index (χ0n) is 12.8. The molecule has 0 saturated carbocycles. The maximum absolute atomic E-state index is 11.7. The summed E-state index contributed by atoms with van der Waals surface area (Å²) in [6, 6.07) is 12.4. The van der Waals surface area contributed by atoms with E-state index < -0.39 is 0 Å². The van der Waals surface area contributed by atoms with Gasteiger partial charge >= 0.3 is 0 Å². The fourth-order valence-electron chi connectivity index (χ4n) is 2.07. The van der Waals surface area contributed by atoms with Gasteiger partial charge in [-0.05, 0) is 34.5 Å². The molecule has 2 rings (SSSR count). The van der Waals surface area contributed by atoms with E-state index in [1.54, 1.807) is 7.11 Å². The van der Waals surface area contributed by atoms with Crippen molar-refractivity contribution in [1.82, 2.24) is 10.6 Å². The first-order chi connectivity index (χ1) is 10.1. The summed E-state index contributed by atoms with van der Waals surface area (Å²) in [6.45, 7) is 4.93. The minimum Gasteiger partial charge on any atom is -0.497 e. The van der Waals surface area contributed by atoms with Crippen LogP contribution < -0.4 is 15.4 Å². The minimum absolute atomic E-state index is 0.0125. The van der Waals surface area contributed by atoms with E-state index in [-0.39, 0.29) is 5.91 Å². The average molecular weight is 286 g/mol. The largest absolute Gasteiger partial charge is 0.497 e. The Balaban J connectivity index is 1.98. The molecular formula is C17H22N2O2. The number of rotatable bonds is 6. The van der Waals surface area contributed by atoms with Crippen LogP contribution >= 0.6 is 0 Å². The lowest BCUT2D eigenvalue weighted by Gasteiger charge is -2.10. The monoisotopic (exact) mass is 286 g/mol. The Labute approximate surface area is 125 Å². The Morgan fingerprint density at radius 3 is 2.57 bits per heavy atom. The van der Waals surface area contributed by atoms with Crippen LogP contribution in [0.15, 0.2) is 36.4 Å². The van der Waals surface area contributed by atoms with Crippen LogP contribution in [0, 0.1) is 0 Å². The summed E-state index contributed by atoms with van der Waals surface area (Å²) >= 11 is 0. The third kappa shape index (κ3) is 4.46. The van der Waals surface area contributed by atoms with Gasteiger partial charge in [-0.3, -0.25) is 4.79 Å². The second-order valence-corrected chi connectivity index (χ2v) is 5.36. The maximum atomic E-state index is 11.7. The number of methoxy groups -OCH3 is 1. The van der Waals surface area contributed by atoms with Gasteiger partial charge in [0, 0.05) is 12.6 Å². The highest BCUT2D eigenvalue weighted by Gasteiger charge is 2.03. The van der Waals surface area contributed by atoms with E-state index in [4.69, 9.17) is 4.74 Å². The molecule has 2 aromatic carbocycles. The highest BCUT2D eigenvalue weighted by Crippen LogP contribution is 2.21. The van der Waals surface area contributed by atoms with Crippen LogP contribution in [0.2, 0.25) is 0 Å².